The zero-order valence-electron chi connectivity index (χ0n) is 20.9. The third-order valence-corrected chi connectivity index (χ3v) is 6.62. The summed E-state index contributed by atoms with van der Waals surface area (Å²) in [5, 5.41) is 11.6. The third-order valence-electron chi connectivity index (χ3n) is 6.62. The molecule has 1 fully saturated rings. The van der Waals surface area contributed by atoms with Crippen molar-refractivity contribution in [3.8, 4) is 5.75 Å². The van der Waals surface area contributed by atoms with Gasteiger partial charge in [0.2, 0.25) is 0 Å². The highest BCUT2D eigenvalue weighted by molar-refractivity contribution is 6.46. The van der Waals surface area contributed by atoms with E-state index in [0.717, 1.165) is 17.5 Å². The zero-order valence-corrected chi connectivity index (χ0v) is 20.9. The lowest BCUT2D eigenvalue weighted by Gasteiger charge is -2.25. The van der Waals surface area contributed by atoms with E-state index in [1.165, 1.54) is 0 Å². The topological polar surface area (TPSA) is 84.1 Å². The van der Waals surface area contributed by atoms with Gasteiger partial charge in [-0.05, 0) is 55.2 Å². The number of aryl methyl sites for hydroxylation is 1. The van der Waals surface area contributed by atoms with E-state index in [1.807, 2.05) is 79.7 Å². The SMILES string of the molecule is CCCOc1ccc(C2/C(=C(\O)c3c(C)nc4ccccn34)C(=O)C(=O)N2CCc2ccccc2)cc1. The van der Waals surface area contributed by atoms with Crippen LogP contribution in [0.4, 0.5) is 0 Å². The van der Waals surface area contributed by atoms with E-state index in [-0.39, 0.29) is 11.3 Å². The molecule has 1 saturated heterocycles. The number of imidazole rings is 1. The molecule has 4 aromatic rings. The first-order valence-corrected chi connectivity index (χ1v) is 12.5. The number of aromatic nitrogens is 2. The van der Waals surface area contributed by atoms with Crippen molar-refractivity contribution in [1.29, 1.82) is 0 Å². The molecule has 7 heteroatoms. The van der Waals surface area contributed by atoms with E-state index < -0.39 is 17.7 Å². The number of ether oxygens (including phenoxy) is 1. The number of ketones is 1. The van der Waals surface area contributed by atoms with Crippen molar-refractivity contribution in [1.82, 2.24) is 14.3 Å². The van der Waals surface area contributed by atoms with Crippen LogP contribution in [0.15, 0.2) is 84.6 Å². The minimum absolute atomic E-state index is 0.0639. The van der Waals surface area contributed by atoms with Gasteiger partial charge in [-0.25, -0.2) is 4.98 Å². The minimum atomic E-state index is -0.738. The fourth-order valence-electron chi connectivity index (χ4n) is 4.84. The van der Waals surface area contributed by atoms with Crippen LogP contribution >= 0.6 is 0 Å². The normalized spacial score (nSPS) is 17.0. The molecule has 5 rings (SSSR count). The lowest BCUT2D eigenvalue weighted by Crippen LogP contribution is -2.31. The summed E-state index contributed by atoms with van der Waals surface area (Å²) in [5.74, 6) is -0.843. The van der Waals surface area contributed by atoms with Crippen molar-refractivity contribution in [2.75, 3.05) is 13.2 Å². The standard InChI is InChI=1S/C30H29N3O4/c1-3-19-37-23-14-12-22(13-15-23)27-25(28(34)26-20(2)31-24-11-7-8-17-32(24)26)29(35)30(36)33(27)18-16-21-9-5-4-6-10-21/h4-15,17,27,34H,3,16,18-19H2,1-2H3/b28-25+. The smallest absolute Gasteiger partial charge is 0.295 e. The van der Waals surface area contributed by atoms with Crippen LogP contribution in [-0.2, 0) is 16.0 Å². The molecule has 0 aliphatic carbocycles. The molecule has 0 bridgehead atoms. The van der Waals surface area contributed by atoms with Gasteiger partial charge in [-0.15, -0.1) is 0 Å². The Morgan fingerprint density at radius 2 is 1.73 bits per heavy atom. The van der Waals surface area contributed by atoms with Gasteiger partial charge in [0.1, 0.15) is 17.1 Å². The number of likely N-dealkylation sites (tertiary alicyclic amines) is 1. The van der Waals surface area contributed by atoms with E-state index in [2.05, 4.69) is 4.98 Å². The Hall–Kier alpha value is -4.39. The zero-order chi connectivity index (χ0) is 25.9. The molecule has 7 nitrogen and oxygen atoms in total. The number of Topliss-reactive ketones (excluding diaryl/α,β-unsaturated/α-hetero) is 1. The fourth-order valence-corrected chi connectivity index (χ4v) is 4.84. The summed E-state index contributed by atoms with van der Waals surface area (Å²) < 4.78 is 7.46. The first kappa shape index (κ1) is 24.3. The lowest BCUT2D eigenvalue weighted by molar-refractivity contribution is -0.139. The number of carbonyl (C=O) groups is 2. The monoisotopic (exact) mass is 495 g/mol. The molecule has 0 radical (unpaired) electrons. The molecule has 1 aliphatic rings. The van der Waals surface area contributed by atoms with E-state index in [1.54, 1.807) is 22.4 Å². The lowest BCUT2D eigenvalue weighted by atomic mass is 9.96. The molecule has 1 amide bonds. The molecule has 1 unspecified atom stereocenters. The van der Waals surface area contributed by atoms with Crippen molar-refractivity contribution in [2.24, 2.45) is 0 Å². The van der Waals surface area contributed by atoms with Crippen LogP contribution in [0.1, 0.15) is 41.9 Å². The summed E-state index contributed by atoms with van der Waals surface area (Å²) in [6, 6.07) is 22.0. The Balaban J connectivity index is 1.61. The fraction of sp³-hybridized carbons (Fsp3) is 0.233. The summed E-state index contributed by atoms with van der Waals surface area (Å²) in [6.45, 7) is 4.75. The molecule has 0 saturated carbocycles. The predicted molar refractivity (Wildman–Crippen MR) is 141 cm³/mol. The van der Waals surface area contributed by atoms with Crippen molar-refractivity contribution in [3.05, 3.63) is 107 Å². The summed E-state index contributed by atoms with van der Waals surface area (Å²) in [4.78, 5) is 32.9. The summed E-state index contributed by atoms with van der Waals surface area (Å²) in [5.41, 5.74) is 3.47. The number of benzene rings is 2. The van der Waals surface area contributed by atoms with E-state index in [4.69, 9.17) is 4.74 Å². The van der Waals surface area contributed by atoms with Crippen LogP contribution in [0.3, 0.4) is 0 Å². The van der Waals surface area contributed by atoms with Crippen LogP contribution in [0, 0.1) is 6.92 Å². The second-order valence-corrected chi connectivity index (χ2v) is 9.12. The van der Waals surface area contributed by atoms with Gasteiger partial charge in [0.15, 0.2) is 5.76 Å². The highest BCUT2D eigenvalue weighted by Crippen LogP contribution is 2.40. The average molecular weight is 496 g/mol. The Bertz CT molecular complexity index is 1470. The maximum Gasteiger partial charge on any atom is 0.295 e. The summed E-state index contributed by atoms with van der Waals surface area (Å²) in [7, 11) is 0. The van der Waals surface area contributed by atoms with Crippen molar-refractivity contribution in [2.45, 2.75) is 32.7 Å². The van der Waals surface area contributed by atoms with Crippen LogP contribution in [0.2, 0.25) is 0 Å². The second kappa shape index (κ2) is 10.3. The van der Waals surface area contributed by atoms with Crippen LogP contribution in [-0.4, -0.2) is 44.2 Å². The molecule has 1 atom stereocenters. The summed E-state index contributed by atoms with van der Waals surface area (Å²) >= 11 is 0. The van der Waals surface area contributed by atoms with E-state index in [9.17, 15) is 14.7 Å². The molecule has 0 spiro atoms. The van der Waals surface area contributed by atoms with Crippen LogP contribution in [0.25, 0.3) is 11.4 Å². The molecule has 188 valence electrons. The number of nitrogens with zero attached hydrogens (tertiary/aromatic N) is 3. The van der Waals surface area contributed by atoms with Crippen molar-refractivity contribution < 1.29 is 19.4 Å². The largest absolute Gasteiger partial charge is 0.505 e. The number of rotatable bonds is 8. The number of aliphatic hydroxyl groups excluding tert-OH is 1. The molecule has 1 aliphatic heterocycles. The molecule has 2 aromatic carbocycles. The minimum Gasteiger partial charge on any atom is -0.505 e. The maximum atomic E-state index is 13.4. The molecule has 3 heterocycles. The second-order valence-electron chi connectivity index (χ2n) is 9.12. The number of fused-ring (bicyclic) bond motifs is 1. The van der Waals surface area contributed by atoms with Gasteiger partial charge in [-0.2, -0.15) is 0 Å². The molecular weight excluding hydrogens is 466 g/mol. The molecule has 37 heavy (non-hydrogen) atoms. The van der Waals surface area contributed by atoms with Crippen LogP contribution in [0.5, 0.6) is 5.75 Å². The van der Waals surface area contributed by atoms with Gasteiger partial charge >= 0.3 is 0 Å². The van der Waals surface area contributed by atoms with Gasteiger partial charge in [-0.1, -0.05) is 55.5 Å². The quantitative estimate of drug-likeness (QED) is 0.209. The van der Waals surface area contributed by atoms with Gasteiger partial charge in [-0.3, -0.25) is 14.0 Å². The summed E-state index contributed by atoms with van der Waals surface area (Å²) in [6.07, 6.45) is 3.25. The first-order valence-electron chi connectivity index (χ1n) is 12.5. The van der Waals surface area contributed by atoms with Crippen molar-refractivity contribution >= 4 is 23.1 Å². The maximum absolute atomic E-state index is 13.4. The Kier molecular flexibility index (Phi) is 6.77. The highest BCUT2D eigenvalue weighted by atomic mass is 16.5. The van der Waals surface area contributed by atoms with Gasteiger partial charge in [0.25, 0.3) is 11.7 Å². The Morgan fingerprint density at radius 1 is 1.00 bits per heavy atom. The first-order chi connectivity index (χ1) is 18.0. The molecule has 1 N–H and O–H groups in total. The van der Waals surface area contributed by atoms with Gasteiger partial charge in [0.05, 0.1) is 23.9 Å². The van der Waals surface area contributed by atoms with E-state index in [0.29, 0.717) is 42.4 Å². The number of hydrogen-bond acceptors (Lipinski definition) is 5. The Labute approximate surface area is 215 Å². The van der Waals surface area contributed by atoms with E-state index >= 15 is 0 Å². The highest BCUT2D eigenvalue weighted by Gasteiger charge is 2.46. The number of hydrogen-bond donors (Lipinski definition) is 1. The number of carbonyl (C=O) groups excluding carboxylic acids is 2. The molecular formula is C30H29N3O4. The van der Waals surface area contributed by atoms with Gasteiger partial charge < -0.3 is 14.7 Å². The van der Waals surface area contributed by atoms with Crippen LogP contribution < -0.4 is 4.74 Å². The number of amides is 1. The van der Waals surface area contributed by atoms with Gasteiger partial charge in [0, 0.05) is 12.7 Å². The number of pyridine rings is 1. The molecule has 2 aromatic heterocycles. The predicted octanol–water partition coefficient (Wildman–Crippen LogP) is 5.10. The number of aliphatic hydroxyl groups is 1. The third kappa shape index (κ3) is 4.60. The van der Waals surface area contributed by atoms with Crippen molar-refractivity contribution in [3.63, 3.8) is 0 Å². The Morgan fingerprint density at radius 3 is 2.46 bits per heavy atom. The average Bonchev–Trinajstić information content (AvgIpc) is 3.39.